The molecule has 0 saturated heterocycles. The van der Waals surface area contributed by atoms with Crippen LogP contribution in [0, 0.1) is 5.82 Å². The number of aromatic nitrogens is 2. The number of methoxy groups -OCH3 is 1. The number of hydrogen-bond donors (Lipinski definition) is 0. The summed E-state index contributed by atoms with van der Waals surface area (Å²) in [5.41, 5.74) is 2.17. The number of carbonyl (C=O) groups excluding carboxylic acids is 1. The predicted octanol–water partition coefficient (Wildman–Crippen LogP) is 5.25. The molecule has 0 aliphatic rings. The molecular weight excluding hydrogens is 437 g/mol. The van der Waals surface area contributed by atoms with Crippen LogP contribution in [0.15, 0.2) is 77.4 Å². The summed E-state index contributed by atoms with van der Waals surface area (Å²) in [5.74, 6) is 0.724. The summed E-state index contributed by atoms with van der Waals surface area (Å²) in [6, 6.07) is 18.7. The van der Waals surface area contributed by atoms with Crippen LogP contribution in [-0.2, 0) is 17.7 Å². The van der Waals surface area contributed by atoms with Crippen molar-refractivity contribution >= 4 is 5.91 Å². The number of aryl methyl sites for hydroxylation is 1. The minimum Gasteiger partial charge on any atom is -0.459 e. The number of nitrogens with zero attached hydrogens (tertiary/aromatic N) is 3. The highest BCUT2D eigenvalue weighted by Crippen LogP contribution is 2.32. The maximum absolute atomic E-state index is 13.6. The van der Waals surface area contributed by atoms with Gasteiger partial charge >= 0.3 is 0 Å². The van der Waals surface area contributed by atoms with E-state index in [1.54, 1.807) is 41.0 Å². The van der Waals surface area contributed by atoms with Gasteiger partial charge < -0.3 is 18.8 Å². The summed E-state index contributed by atoms with van der Waals surface area (Å²) in [7, 11) is 1.59. The summed E-state index contributed by atoms with van der Waals surface area (Å²) in [5, 5.41) is 4.76. The van der Waals surface area contributed by atoms with Crippen molar-refractivity contribution in [2.45, 2.75) is 19.9 Å². The Balaban J connectivity index is 1.78. The summed E-state index contributed by atoms with van der Waals surface area (Å²) < 4.78 is 32.1. The third-order valence-electron chi connectivity index (χ3n) is 5.32. The highest BCUT2D eigenvalue weighted by Gasteiger charge is 2.26. The van der Waals surface area contributed by atoms with E-state index in [4.69, 9.17) is 19.0 Å². The normalized spacial score (nSPS) is 10.9. The summed E-state index contributed by atoms with van der Waals surface area (Å²) in [6.45, 7) is 2.93. The highest BCUT2D eigenvalue weighted by atomic mass is 19.1. The summed E-state index contributed by atoms with van der Waals surface area (Å²) in [6.07, 6.45) is 2.08. The first-order valence-corrected chi connectivity index (χ1v) is 11.0. The molecule has 0 spiro atoms. The first-order valence-electron chi connectivity index (χ1n) is 11.0. The predicted molar refractivity (Wildman–Crippen MR) is 125 cm³/mol. The van der Waals surface area contributed by atoms with Crippen molar-refractivity contribution in [3.05, 3.63) is 95.8 Å². The zero-order valence-corrected chi connectivity index (χ0v) is 19.1. The molecule has 4 aromatic rings. The zero-order chi connectivity index (χ0) is 23.9. The molecule has 0 bridgehead atoms. The molecule has 2 heterocycles. The van der Waals surface area contributed by atoms with Gasteiger partial charge in [-0.15, -0.1) is 0 Å². The van der Waals surface area contributed by atoms with Crippen LogP contribution in [0.5, 0.6) is 11.6 Å². The summed E-state index contributed by atoms with van der Waals surface area (Å²) >= 11 is 0. The lowest BCUT2D eigenvalue weighted by molar-refractivity contribution is 0.0648. The number of furan rings is 1. The van der Waals surface area contributed by atoms with E-state index in [0.717, 1.165) is 11.3 Å². The second-order valence-corrected chi connectivity index (χ2v) is 7.58. The van der Waals surface area contributed by atoms with Crippen LogP contribution < -0.4 is 4.74 Å². The van der Waals surface area contributed by atoms with E-state index >= 15 is 0 Å². The molecule has 4 rings (SSSR count). The fraction of sp³-hybridized carbons (Fsp3) is 0.231. The molecule has 0 aliphatic carbocycles. The first kappa shape index (κ1) is 23.3. The molecule has 1 amide bonds. The maximum Gasteiger partial charge on any atom is 0.289 e. The standard InChI is InChI=1S/C26H26FN3O4/c1-3-23-22(18-29(15-17-32-2)25(31)24-10-7-16-33-24)26(34-21-8-5-4-6-9-21)30(28-23)20-13-11-19(27)12-14-20/h4-14,16H,3,15,17-18H2,1-2H3. The maximum atomic E-state index is 13.6. The van der Waals surface area contributed by atoms with Crippen LogP contribution in [0.25, 0.3) is 5.69 Å². The average Bonchev–Trinajstić information content (AvgIpc) is 3.51. The van der Waals surface area contributed by atoms with Gasteiger partial charge in [0.1, 0.15) is 11.6 Å². The molecule has 2 aromatic heterocycles. The highest BCUT2D eigenvalue weighted by molar-refractivity contribution is 5.91. The quantitative estimate of drug-likeness (QED) is 0.321. The minimum absolute atomic E-state index is 0.232. The Morgan fingerprint density at radius 2 is 1.85 bits per heavy atom. The van der Waals surface area contributed by atoms with Crippen LogP contribution in [0.1, 0.15) is 28.7 Å². The number of amides is 1. The molecule has 0 N–H and O–H groups in total. The van der Waals surface area contributed by atoms with Gasteiger partial charge in [-0.05, 0) is 55.0 Å². The number of para-hydroxylation sites is 1. The van der Waals surface area contributed by atoms with Gasteiger partial charge in [0.15, 0.2) is 5.76 Å². The van der Waals surface area contributed by atoms with Crippen LogP contribution in [-0.4, -0.2) is 40.8 Å². The van der Waals surface area contributed by atoms with Crippen LogP contribution in [0.2, 0.25) is 0 Å². The van der Waals surface area contributed by atoms with Crippen molar-refractivity contribution in [1.82, 2.24) is 14.7 Å². The van der Waals surface area contributed by atoms with E-state index in [2.05, 4.69) is 0 Å². The molecule has 34 heavy (non-hydrogen) atoms. The molecule has 7 nitrogen and oxygen atoms in total. The fourth-order valence-corrected chi connectivity index (χ4v) is 3.58. The van der Waals surface area contributed by atoms with Gasteiger partial charge in [-0.25, -0.2) is 9.07 Å². The fourth-order valence-electron chi connectivity index (χ4n) is 3.58. The van der Waals surface area contributed by atoms with E-state index in [1.165, 1.54) is 18.4 Å². The lowest BCUT2D eigenvalue weighted by atomic mass is 10.1. The summed E-state index contributed by atoms with van der Waals surface area (Å²) in [4.78, 5) is 14.8. The molecule has 2 aromatic carbocycles. The molecule has 0 atom stereocenters. The van der Waals surface area contributed by atoms with Gasteiger partial charge in [0.05, 0.1) is 36.4 Å². The van der Waals surface area contributed by atoms with Gasteiger partial charge in [-0.3, -0.25) is 4.79 Å². The number of rotatable bonds is 10. The van der Waals surface area contributed by atoms with Crippen molar-refractivity contribution in [2.24, 2.45) is 0 Å². The van der Waals surface area contributed by atoms with Crippen molar-refractivity contribution < 1.29 is 23.1 Å². The van der Waals surface area contributed by atoms with E-state index in [0.29, 0.717) is 36.9 Å². The number of halogens is 1. The number of carbonyl (C=O) groups is 1. The van der Waals surface area contributed by atoms with Crippen LogP contribution in [0.4, 0.5) is 4.39 Å². The average molecular weight is 464 g/mol. The largest absolute Gasteiger partial charge is 0.459 e. The van der Waals surface area contributed by atoms with Crippen molar-refractivity contribution in [3.63, 3.8) is 0 Å². The topological polar surface area (TPSA) is 69.7 Å². The van der Waals surface area contributed by atoms with Gasteiger partial charge in [0, 0.05) is 13.7 Å². The van der Waals surface area contributed by atoms with E-state index in [-0.39, 0.29) is 24.0 Å². The Bertz CT molecular complexity index is 1210. The lowest BCUT2D eigenvalue weighted by Gasteiger charge is -2.22. The number of benzene rings is 2. The van der Waals surface area contributed by atoms with Crippen molar-refractivity contribution in [2.75, 3.05) is 20.3 Å². The number of hydrogen-bond acceptors (Lipinski definition) is 5. The second-order valence-electron chi connectivity index (χ2n) is 7.58. The van der Waals surface area contributed by atoms with Gasteiger partial charge in [0.25, 0.3) is 5.91 Å². The molecule has 0 saturated carbocycles. The molecule has 0 aliphatic heterocycles. The molecule has 0 fully saturated rings. The Morgan fingerprint density at radius 1 is 1.09 bits per heavy atom. The Morgan fingerprint density at radius 3 is 2.50 bits per heavy atom. The van der Waals surface area contributed by atoms with Gasteiger partial charge in [0.2, 0.25) is 5.88 Å². The minimum atomic E-state index is -0.341. The molecule has 0 unspecified atom stereocenters. The third-order valence-corrected chi connectivity index (χ3v) is 5.32. The third kappa shape index (κ3) is 5.18. The van der Waals surface area contributed by atoms with Gasteiger partial charge in [-0.1, -0.05) is 25.1 Å². The number of ether oxygens (including phenoxy) is 2. The smallest absolute Gasteiger partial charge is 0.289 e. The molecular formula is C26H26FN3O4. The van der Waals surface area contributed by atoms with E-state index < -0.39 is 0 Å². The molecule has 8 heteroatoms. The Hall–Kier alpha value is -3.91. The van der Waals surface area contributed by atoms with Gasteiger partial charge in [-0.2, -0.15) is 5.10 Å². The molecule has 176 valence electrons. The lowest BCUT2D eigenvalue weighted by Crippen LogP contribution is -2.33. The van der Waals surface area contributed by atoms with Crippen LogP contribution in [0.3, 0.4) is 0 Å². The van der Waals surface area contributed by atoms with E-state index in [9.17, 15) is 9.18 Å². The van der Waals surface area contributed by atoms with Crippen LogP contribution >= 0.6 is 0 Å². The van der Waals surface area contributed by atoms with Crippen molar-refractivity contribution in [1.29, 1.82) is 0 Å². The monoisotopic (exact) mass is 463 g/mol. The second kappa shape index (κ2) is 10.8. The Labute approximate surface area is 197 Å². The van der Waals surface area contributed by atoms with Crippen molar-refractivity contribution in [3.8, 4) is 17.3 Å². The molecule has 0 radical (unpaired) electrons. The first-order chi connectivity index (χ1) is 16.6. The SMILES string of the molecule is CCc1nn(-c2ccc(F)cc2)c(Oc2ccccc2)c1CN(CCOC)C(=O)c1ccco1. The Kier molecular flexibility index (Phi) is 7.39. The van der Waals surface area contributed by atoms with E-state index in [1.807, 2.05) is 37.3 Å². The zero-order valence-electron chi connectivity index (χ0n) is 19.1.